The maximum atomic E-state index is 11.3. The Morgan fingerprint density at radius 2 is 1.81 bits per heavy atom. The minimum atomic E-state index is -0.403. The van der Waals surface area contributed by atoms with E-state index in [1.807, 2.05) is 26.0 Å². The van der Waals surface area contributed by atoms with Gasteiger partial charge in [0.2, 0.25) is 0 Å². The van der Waals surface area contributed by atoms with E-state index < -0.39 is 5.97 Å². The SMILES string of the molecule is Cc1cc(C)cc(CC2CC(=O)OC2=O)c1. The van der Waals surface area contributed by atoms with Gasteiger partial charge in [-0.3, -0.25) is 9.59 Å². The molecule has 0 aromatic heterocycles. The molecule has 0 amide bonds. The van der Waals surface area contributed by atoms with Gasteiger partial charge in [0, 0.05) is 0 Å². The van der Waals surface area contributed by atoms with E-state index in [2.05, 4.69) is 10.8 Å². The highest BCUT2D eigenvalue weighted by Gasteiger charge is 2.33. The van der Waals surface area contributed by atoms with Gasteiger partial charge in [0.15, 0.2) is 0 Å². The molecule has 84 valence electrons. The fourth-order valence-electron chi connectivity index (χ4n) is 2.15. The number of carbonyl (C=O) groups excluding carboxylic acids is 2. The Morgan fingerprint density at radius 1 is 1.19 bits per heavy atom. The molecular weight excluding hydrogens is 204 g/mol. The Kier molecular flexibility index (Phi) is 2.77. The molecule has 0 bridgehead atoms. The Bertz CT molecular complexity index is 428. The van der Waals surface area contributed by atoms with Crippen LogP contribution in [0.3, 0.4) is 0 Å². The Morgan fingerprint density at radius 3 is 2.31 bits per heavy atom. The van der Waals surface area contributed by atoms with Gasteiger partial charge in [0.25, 0.3) is 0 Å². The highest BCUT2D eigenvalue weighted by atomic mass is 16.6. The summed E-state index contributed by atoms with van der Waals surface area (Å²) in [5, 5.41) is 0. The van der Waals surface area contributed by atoms with Crippen molar-refractivity contribution in [3.63, 3.8) is 0 Å². The first-order valence-corrected chi connectivity index (χ1v) is 5.36. The van der Waals surface area contributed by atoms with E-state index in [-0.39, 0.29) is 18.3 Å². The predicted molar refractivity (Wildman–Crippen MR) is 58.8 cm³/mol. The van der Waals surface area contributed by atoms with E-state index in [9.17, 15) is 9.59 Å². The summed E-state index contributed by atoms with van der Waals surface area (Å²) in [7, 11) is 0. The quantitative estimate of drug-likeness (QED) is 0.562. The second-order valence-corrected chi connectivity index (χ2v) is 4.39. The van der Waals surface area contributed by atoms with Gasteiger partial charge >= 0.3 is 11.9 Å². The third-order valence-corrected chi connectivity index (χ3v) is 2.72. The van der Waals surface area contributed by atoms with E-state index in [1.54, 1.807) is 0 Å². The maximum absolute atomic E-state index is 11.3. The van der Waals surface area contributed by atoms with Crippen molar-refractivity contribution >= 4 is 11.9 Å². The molecule has 0 saturated carbocycles. The predicted octanol–water partition coefficient (Wildman–Crippen LogP) is 1.94. The first-order valence-electron chi connectivity index (χ1n) is 5.36. The van der Waals surface area contributed by atoms with Crippen molar-refractivity contribution in [1.82, 2.24) is 0 Å². The number of hydrogen-bond donors (Lipinski definition) is 0. The lowest BCUT2D eigenvalue weighted by atomic mass is 9.96. The first-order chi connectivity index (χ1) is 7.54. The summed E-state index contributed by atoms with van der Waals surface area (Å²) in [5.41, 5.74) is 3.44. The minimum absolute atomic E-state index is 0.214. The molecule has 3 heteroatoms. The smallest absolute Gasteiger partial charge is 0.317 e. The molecular formula is C13H14O3. The molecule has 16 heavy (non-hydrogen) atoms. The second-order valence-electron chi connectivity index (χ2n) is 4.39. The summed E-state index contributed by atoms with van der Waals surface area (Å²) in [4.78, 5) is 22.3. The zero-order chi connectivity index (χ0) is 11.7. The van der Waals surface area contributed by atoms with Gasteiger partial charge in [-0.2, -0.15) is 0 Å². The first kappa shape index (κ1) is 10.9. The van der Waals surface area contributed by atoms with Crippen LogP contribution in [0.4, 0.5) is 0 Å². The van der Waals surface area contributed by atoms with E-state index in [0.717, 1.165) is 5.56 Å². The zero-order valence-corrected chi connectivity index (χ0v) is 9.45. The topological polar surface area (TPSA) is 43.4 Å². The van der Waals surface area contributed by atoms with Crippen LogP contribution < -0.4 is 0 Å². The second kappa shape index (κ2) is 4.08. The van der Waals surface area contributed by atoms with Crippen molar-refractivity contribution in [1.29, 1.82) is 0 Å². The zero-order valence-electron chi connectivity index (χ0n) is 9.45. The fraction of sp³-hybridized carbons (Fsp3) is 0.385. The van der Waals surface area contributed by atoms with E-state index >= 15 is 0 Å². The van der Waals surface area contributed by atoms with Crippen molar-refractivity contribution in [2.75, 3.05) is 0 Å². The molecule has 1 fully saturated rings. The molecule has 3 nitrogen and oxygen atoms in total. The Balaban J connectivity index is 2.15. The molecule has 0 aliphatic carbocycles. The molecule has 0 N–H and O–H groups in total. The molecule has 2 rings (SSSR count). The highest BCUT2D eigenvalue weighted by Crippen LogP contribution is 2.22. The lowest BCUT2D eigenvalue weighted by Gasteiger charge is -2.07. The standard InChI is InChI=1S/C13H14O3/c1-8-3-9(2)5-10(4-8)6-11-7-12(14)16-13(11)15/h3-5,11H,6-7H2,1-2H3. The molecule has 1 unspecified atom stereocenters. The summed E-state index contributed by atoms with van der Waals surface area (Å²) in [5.74, 6) is -1.09. The molecule has 1 aliphatic heterocycles. The summed E-state index contributed by atoms with van der Waals surface area (Å²) in [6, 6.07) is 6.17. The van der Waals surface area contributed by atoms with Crippen molar-refractivity contribution in [2.24, 2.45) is 5.92 Å². The Hall–Kier alpha value is -1.64. The molecule has 0 spiro atoms. The number of aryl methyl sites for hydroxylation is 2. The van der Waals surface area contributed by atoms with Gasteiger partial charge in [-0.15, -0.1) is 0 Å². The number of esters is 2. The molecule has 1 aromatic carbocycles. The van der Waals surface area contributed by atoms with E-state index in [1.165, 1.54) is 11.1 Å². The lowest BCUT2D eigenvalue weighted by Crippen LogP contribution is -2.10. The highest BCUT2D eigenvalue weighted by molar-refractivity contribution is 5.94. The number of ether oxygens (including phenoxy) is 1. The third kappa shape index (κ3) is 2.30. The van der Waals surface area contributed by atoms with Crippen LogP contribution in [-0.4, -0.2) is 11.9 Å². The fourth-order valence-corrected chi connectivity index (χ4v) is 2.15. The van der Waals surface area contributed by atoms with Crippen LogP contribution >= 0.6 is 0 Å². The summed E-state index contributed by atoms with van der Waals surface area (Å²) < 4.78 is 4.53. The van der Waals surface area contributed by atoms with Crippen LogP contribution in [0.2, 0.25) is 0 Å². The molecule has 1 heterocycles. The van der Waals surface area contributed by atoms with Crippen molar-refractivity contribution in [3.05, 3.63) is 34.9 Å². The molecule has 1 saturated heterocycles. The van der Waals surface area contributed by atoms with Gasteiger partial charge in [-0.05, 0) is 25.8 Å². The maximum Gasteiger partial charge on any atom is 0.317 e. The van der Waals surface area contributed by atoms with Crippen molar-refractivity contribution < 1.29 is 14.3 Å². The van der Waals surface area contributed by atoms with Crippen LogP contribution in [0.25, 0.3) is 0 Å². The normalized spacial score (nSPS) is 20.0. The lowest BCUT2D eigenvalue weighted by molar-refractivity contribution is -0.153. The molecule has 1 aliphatic rings. The number of rotatable bonds is 2. The number of hydrogen-bond acceptors (Lipinski definition) is 3. The van der Waals surface area contributed by atoms with Crippen molar-refractivity contribution in [3.8, 4) is 0 Å². The van der Waals surface area contributed by atoms with Gasteiger partial charge < -0.3 is 4.74 Å². The largest absolute Gasteiger partial charge is 0.393 e. The summed E-state index contributed by atoms with van der Waals surface area (Å²) in [6.07, 6.45) is 0.804. The van der Waals surface area contributed by atoms with Gasteiger partial charge in [0.1, 0.15) is 0 Å². The van der Waals surface area contributed by atoms with Crippen LogP contribution in [0, 0.1) is 19.8 Å². The van der Waals surface area contributed by atoms with E-state index in [4.69, 9.17) is 0 Å². The summed E-state index contributed by atoms with van der Waals surface area (Å²) in [6.45, 7) is 4.04. The average Bonchev–Trinajstić information content (AvgIpc) is 2.43. The summed E-state index contributed by atoms with van der Waals surface area (Å²) >= 11 is 0. The van der Waals surface area contributed by atoms with Crippen LogP contribution in [-0.2, 0) is 20.7 Å². The average molecular weight is 218 g/mol. The molecule has 0 radical (unpaired) electrons. The monoisotopic (exact) mass is 218 g/mol. The minimum Gasteiger partial charge on any atom is -0.393 e. The Labute approximate surface area is 94.4 Å². The van der Waals surface area contributed by atoms with Crippen LogP contribution in [0.1, 0.15) is 23.1 Å². The van der Waals surface area contributed by atoms with Crippen LogP contribution in [0.5, 0.6) is 0 Å². The molecule has 1 atom stereocenters. The number of cyclic esters (lactones) is 2. The van der Waals surface area contributed by atoms with E-state index in [0.29, 0.717) is 6.42 Å². The van der Waals surface area contributed by atoms with Crippen LogP contribution in [0.15, 0.2) is 18.2 Å². The third-order valence-electron chi connectivity index (χ3n) is 2.72. The number of carbonyl (C=O) groups is 2. The van der Waals surface area contributed by atoms with Crippen molar-refractivity contribution in [2.45, 2.75) is 26.7 Å². The van der Waals surface area contributed by atoms with Gasteiger partial charge in [0.05, 0.1) is 12.3 Å². The van der Waals surface area contributed by atoms with Gasteiger partial charge in [-0.1, -0.05) is 29.3 Å². The van der Waals surface area contributed by atoms with Gasteiger partial charge in [-0.25, -0.2) is 0 Å². The number of benzene rings is 1. The molecule has 1 aromatic rings.